The maximum Gasteiger partial charge on any atom is 0.319 e. The van der Waals surface area contributed by atoms with E-state index in [0.29, 0.717) is 18.7 Å². The molecule has 1 aromatic carbocycles. The van der Waals surface area contributed by atoms with Gasteiger partial charge in [0.2, 0.25) is 0 Å². The number of halogens is 1. The maximum absolute atomic E-state index is 12.8. The highest BCUT2D eigenvalue weighted by Gasteiger charge is 2.26. The summed E-state index contributed by atoms with van der Waals surface area (Å²) in [6, 6.07) is 5.29. The van der Waals surface area contributed by atoms with Crippen LogP contribution in [-0.4, -0.2) is 24.3 Å². The molecule has 0 saturated heterocycles. The molecule has 0 heterocycles. The van der Waals surface area contributed by atoms with E-state index in [1.165, 1.54) is 24.3 Å². The second kappa shape index (κ2) is 7.85. The van der Waals surface area contributed by atoms with Crippen molar-refractivity contribution in [3.05, 3.63) is 30.1 Å². The van der Waals surface area contributed by atoms with Gasteiger partial charge in [-0.15, -0.1) is 0 Å². The van der Waals surface area contributed by atoms with Crippen molar-refractivity contribution in [1.82, 2.24) is 5.32 Å². The van der Waals surface area contributed by atoms with Crippen molar-refractivity contribution in [3.8, 4) is 0 Å². The summed E-state index contributed by atoms with van der Waals surface area (Å²) in [6.07, 6.45) is 2.44. The first kappa shape index (κ1) is 16.4. The number of amides is 2. The molecular formula is C15H23FN2O2. The Kier molecular flexibility index (Phi) is 6.45. The number of carbonyl (C=O) groups is 1. The zero-order chi connectivity index (χ0) is 15.0. The molecule has 112 valence electrons. The number of aliphatic hydroxyl groups is 1. The smallest absolute Gasteiger partial charge is 0.319 e. The number of benzene rings is 1. The molecule has 0 bridgehead atoms. The molecule has 0 fully saturated rings. The number of hydrogen-bond donors (Lipinski definition) is 3. The molecule has 0 unspecified atom stereocenters. The van der Waals surface area contributed by atoms with Gasteiger partial charge in [-0.1, -0.05) is 13.8 Å². The molecule has 0 aliphatic rings. The summed E-state index contributed by atoms with van der Waals surface area (Å²) in [5.74, 6) is -0.338. The van der Waals surface area contributed by atoms with Crippen molar-refractivity contribution in [2.24, 2.45) is 5.41 Å². The van der Waals surface area contributed by atoms with Crippen molar-refractivity contribution >= 4 is 11.7 Å². The van der Waals surface area contributed by atoms with Crippen molar-refractivity contribution in [1.29, 1.82) is 0 Å². The summed E-state index contributed by atoms with van der Waals surface area (Å²) in [6.45, 7) is 4.73. The lowest BCUT2D eigenvalue weighted by molar-refractivity contribution is 0.165. The highest BCUT2D eigenvalue weighted by Crippen LogP contribution is 2.29. The Morgan fingerprint density at radius 3 is 2.35 bits per heavy atom. The second-order valence-electron chi connectivity index (χ2n) is 5.00. The number of anilines is 1. The van der Waals surface area contributed by atoms with Crippen LogP contribution in [0.1, 0.15) is 33.1 Å². The van der Waals surface area contributed by atoms with Crippen molar-refractivity contribution in [3.63, 3.8) is 0 Å². The number of hydrogen-bond acceptors (Lipinski definition) is 2. The molecule has 20 heavy (non-hydrogen) atoms. The number of urea groups is 1. The van der Waals surface area contributed by atoms with E-state index in [4.69, 9.17) is 5.11 Å². The molecule has 1 aromatic rings. The van der Waals surface area contributed by atoms with Crippen molar-refractivity contribution < 1.29 is 14.3 Å². The van der Waals surface area contributed by atoms with Crippen LogP contribution in [0.15, 0.2) is 24.3 Å². The molecule has 0 spiro atoms. The first-order valence-electron chi connectivity index (χ1n) is 6.96. The van der Waals surface area contributed by atoms with E-state index >= 15 is 0 Å². The van der Waals surface area contributed by atoms with Crippen LogP contribution in [0, 0.1) is 11.2 Å². The summed E-state index contributed by atoms with van der Waals surface area (Å²) >= 11 is 0. The third-order valence-electron chi connectivity index (χ3n) is 3.87. The topological polar surface area (TPSA) is 61.4 Å². The molecule has 0 aliphatic heterocycles. The van der Waals surface area contributed by atoms with Gasteiger partial charge >= 0.3 is 6.03 Å². The molecular weight excluding hydrogens is 259 g/mol. The van der Waals surface area contributed by atoms with Gasteiger partial charge in [-0.25, -0.2) is 9.18 Å². The van der Waals surface area contributed by atoms with Crippen LogP contribution in [0.2, 0.25) is 0 Å². The first-order valence-corrected chi connectivity index (χ1v) is 6.96. The highest BCUT2D eigenvalue weighted by molar-refractivity contribution is 5.89. The van der Waals surface area contributed by atoms with Gasteiger partial charge in [0.15, 0.2) is 0 Å². The summed E-state index contributed by atoms with van der Waals surface area (Å²) in [5, 5.41) is 14.6. The Labute approximate surface area is 119 Å². The molecule has 0 radical (unpaired) electrons. The van der Waals surface area contributed by atoms with Crippen molar-refractivity contribution in [2.45, 2.75) is 33.1 Å². The lowest BCUT2D eigenvalue weighted by Gasteiger charge is -2.31. The molecule has 0 aliphatic carbocycles. The van der Waals surface area contributed by atoms with Crippen LogP contribution in [0.4, 0.5) is 14.9 Å². The Hall–Kier alpha value is -1.62. The predicted octanol–water partition coefficient (Wildman–Crippen LogP) is 3.14. The monoisotopic (exact) mass is 282 g/mol. The van der Waals surface area contributed by atoms with E-state index in [9.17, 15) is 9.18 Å². The van der Waals surface area contributed by atoms with Crippen LogP contribution in [-0.2, 0) is 0 Å². The molecule has 1 rings (SSSR count). The number of rotatable bonds is 7. The molecule has 5 heteroatoms. The summed E-state index contributed by atoms with van der Waals surface area (Å²) in [5.41, 5.74) is 0.471. The SMILES string of the molecule is CCC(CC)(CCO)CNC(=O)Nc1ccc(F)cc1. The molecule has 2 amide bonds. The van der Waals surface area contributed by atoms with Crippen LogP contribution in [0.25, 0.3) is 0 Å². The Bertz CT molecular complexity index is 416. The molecule has 0 aromatic heterocycles. The van der Waals surface area contributed by atoms with E-state index in [2.05, 4.69) is 24.5 Å². The van der Waals surface area contributed by atoms with Gasteiger partial charge in [-0.3, -0.25) is 0 Å². The van der Waals surface area contributed by atoms with Gasteiger partial charge in [0.1, 0.15) is 5.82 Å². The minimum Gasteiger partial charge on any atom is -0.396 e. The highest BCUT2D eigenvalue weighted by atomic mass is 19.1. The van der Waals surface area contributed by atoms with Gasteiger partial charge < -0.3 is 15.7 Å². The zero-order valence-electron chi connectivity index (χ0n) is 12.1. The molecule has 0 saturated carbocycles. The normalized spacial score (nSPS) is 11.2. The van der Waals surface area contributed by atoms with Crippen LogP contribution >= 0.6 is 0 Å². The standard InChI is InChI=1S/C15H23FN2O2/c1-3-15(4-2,9-10-19)11-17-14(20)18-13-7-5-12(16)6-8-13/h5-8,19H,3-4,9-11H2,1-2H3,(H2,17,18,20). The van der Waals surface area contributed by atoms with E-state index < -0.39 is 0 Å². The van der Waals surface area contributed by atoms with Gasteiger partial charge in [-0.2, -0.15) is 0 Å². The fourth-order valence-corrected chi connectivity index (χ4v) is 2.16. The minimum atomic E-state index is -0.338. The van der Waals surface area contributed by atoms with Gasteiger partial charge in [0, 0.05) is 18.8 Å². The number of aliphatic hydroxyl groups excluding tert-OH is 1. The summed E-state index contributed by atoms with van der Waals surface area (Å²) in [7, 11) is 0. The minimum absolute atomic E-state index is 0.0745. The van der Waals surface area contributed by atoms with E-state index in [0.717, 1.165) is 12.8 Å². The fraction of sp³-hybridized carbons (Fsp3) is 0.533. The molecule has 4 nitrogen and oxygen atoms in total. The maximum atomic E-state index is 12.8. The summed E-state index contributed by atoms with van der Waals surface area (Å²) < 4.78 is 12.8. The van der Waals surface area contributed by atoms with Crippen LogP contribution in [0.3, 0.4) is 0 Å². The first-order chi connectivity index (χ1) is 9.55. The predicted molar refractivity (Wildman–Crippen MR) is 78.1 cm³/mol. The Balaban J connectivity index is 2.51. The van der Waals surface area contributed by atoms with E-state index in [1.807, 2.05) is 0 Å². The third-order valence-corrected chi connectivity index (χ3v) is 3.87. The van der Waals surface area contributed by atoms with E-state index in [-0.39, 0.29) is 23.9 Å². The zero-order valence-corrected chi connectivity index (χ0v) is 12.1. The summed E-state index contributed by atoms with van der Waals surface area (Å²) in [4.78, 5) is 11.8. The molecule has 0 atom stereocenters. The van der Waals surface area contributed by atoms with E-state index in [1.54, 1.807) is 0 Å². The third kappa shape index (κ3) is 4.81. The lowest BCUT2D eigenvalue weighted by Crippen LogP contribution is -2.39. The van der Waals surface area contributed by atoms with Gasteiger partial charge in [0.05, 0.1) is 0 Å². The second-order valence-corrected chi connectivity index (χ2v) is 5.00. The average Bonchev–Trinajstić information content (AvgIpc) is 2.46. The largest absolute Gasteiger partial charge is 0.396 e. The van der Waals surface area contributed by atoms with Crippen molar-refractivity contribution in [2.75, 3.05) is 18.5 Å². The average molecular weight is 282 g/mol. The van der Waals surface area contributed by atoms with Gasteiger partial charge in [0.25, 0.3) is 0 Å². The Morgan fingerprint density at radius 2 is 1.85 bits per heavy atom. The Morgan fingerprint density at radius 1 is 1.25 bits per heavy atom. The quantitative estimate of drug-likeness (QED) is 0.719. The van der Waals surface area contributed by atoms with Crippen LogP contribution in [0.5, 0.6) is 0 Å². The fourth-order valence-electron chi connectivity index (χ4n) is 2.16. The van der Waals surface area contributed by atoms with Crippen LogP contribution < -0.4 is 10.6 Å². The molecule has 3 N–H and O–H groups in total. The number of nitrogens with one attached hydrogen (secondary N) is 2. The van der Waals surface area contributed by atoms with Gasteiger partial charge in [-0.05, 0) is 48.9 Å². The lowest BCUT2D eigenvalue weighted by atomic mass is 9.79. The number of carbonyl (C=O) groups excluding carboxylic acids is 1.